The number of nitrogens with zero attached hydrogens (tertiary/aromatic N) is 4. The maximum Gasteiger partial charge on any atom is 0.332 e. The van der Waals surface area contributed by atoms with Crippen LogP contribution in [0.4, 0.5) is 5.95 Å². The second kappa shape index (κ2) is 9.79. The Morgan fingerprint density at radius 1 is 0.824 bits per heavy atom. The quantitative estimate of drug-likeness (QED) is 0.429. The van der Waals surface area contributed by atoms with Crippen LogP contribution in [0.5, 0.6) is 0 Å². The minimum Gasteiger partial charge on any atom is -0.351 e. The lowest BCUT2D eigenvalue weighted by Crippen LogP contribution is -2.37. The average Bonchev–Trinajstić information content (AvgIpc) is 3.25. The van der Waals surface area contributed by atoms with Crippen molar-refractivity contribution < 1.29 is 0 Å². The van der Waals surface area contributed by atoms with Gasteiger partial charge in [-0.25, -0.2) is 4.79 Å². The van der Waals surface area contributed by atoms with E-state index < -0.39 is 5.69 Å². The number of aromatic nitrogens is 4. The lowest BCUT2D eigenvalue weighted by molar-refractivity contribution is 0.702. The average molecular weight is 456 g/mol. The van der Waals surface area contributed by atoms with Crippen molar-refractivity contribution in [2.24, 2.45) is 14.1 Å². The van der Waals surface area contributed by atoms with Gasteiger partial charge in [0.1, 0.15) is 0 Å². The fourth-order valence-electron chi connectivity index (χ4n) is 4.11. The minimum atomic E-state index is -0.396. The summed E-state index contributed by atoms with van der Waals surface area (Å²) in [5, 5.41) is 5.62. The molecule has 0 amide bonds. The van der Waals surface area contributed by atoms with Gasteiger partial charge in [0.05, 0.1) is 6.54 Å². The number of anilines is 1. The molecular weight excluding hydrogens is 426 g/mol. The van der Waals surface area contributed by atoms with Gasteiger partial charge in [-0.05, 0) is 21.9 Å². The number of hydrogen-bond donors (Lipinski definition) is 1. The molecule has 0 saturated heterocycles. The summed E-state index contributed by atoms with van der Waals surface area (Å²) in [5.74, 6) is 0.551. The van der Waals surface area contributed by atoms with E-state index in [0.29, 0.717) is 30.2 Å². The van der Waals surface area contributed by atoms with E-state index in [1.54, 1.807) is 7.05 Å². The van der Waals surface area contributed by atoms with Crippen LogP contribution in [-0.2, 0) is 27.2 Å². The molecule has 3 aromatic carbocycles. The number of benzene rings is 3. The van der Waals surface area contributed by atoms with E-state index in [-0.39, 0.29) is 5.56 Å². The predicted molar refractivity (Wildman–Crippen MR) is 138 cm³/mol. The van der Waals surface area contributed by atoms with Crippen LogP contribution in [0.1, 0.15) is 25.0 Å². The maximum atomic E-state index is 13.1. The van der Waals surface area contributed by atoms with E-state index in [2.05, 4.69) is 34.6 Å². The first-order valence-electron chi connectivity index (χ1n) is 11.5. The maximum absolute atomic E-state index is 13.1. The molecule has 5 aromatic rings. The lowest BCUT2D eigenvalue weighted by Gasteiger charge is -2.13. The third kappa shape index (κ3) is 4.12. The van der Waals surface area contributed by atoms with Crippen molar-refractivity contribution >= 4 is 27.9 Å². The van der Waals surface area contributed by atoms with Crippen molar-refractivity contribution in [3.63, 3.8) is 0 Å². The first-order chi connectivity index (χ1) is 16.5. The van der Waals surface area contributed by atoms with Gasteiger partial charge in [-0.15, -0.1) is 0 Å². The molecule has 5 rings (SSSR count). The number of rotatable bonds is 5. The van der Waals surface area contributed by atoms with Gasteiger partial charge in [-0.3, -0.25) is 18.5 Å². The van der Waals surface area contributed by atoms with Crippen LogP contribution in [0.15, 0.2) is 82.4 Å². The minimum absolute atomic E-state index is 0.358. The molecule has 0 unspecified atom stereocenters. The van der Waals surface area contributed by atoms with Crippen molar-refractivity contribution in [3.8, 4) is 0 Å². The Morgan fingerprint density at radius 3 is 2.26 bits per heavy atom. The van der Waals surface area contributed by atoms with Gasteiger partial charge in [0.25, 0.3) is 5.56 Å². The number of aryl methyl sites for hydroxylation is 1. The SMILES string of the molecule is CC.Cn1c(=O)c2c(nc(NCc3ccccc3)n2Cc2cccc3ccccc23)n(C)c1=O. The third-order valence-corrected chi connectivity index (χ3v) is 5.85. The van der Waals surface area contributed by atoms with Crippen LogP contribution < -0.4 is 16.6 Å². The molecule has 0 saturated carbocycles. The standard InChI is InChI=1S/C25H23N5O2.C2H6/c1-28-22-21(23(31)29(2)25(28)32)30(24(27-22)26-15-17-9-4-3-5-10-17)16-19-13-8-12-18-11-6-7-14-20(18)19;1-2/h3-14H,15-16H2,1-2H3,(H,26,27);1-2H3. The summed E-state index contributed by atoms with van der Waals surface area (Å²) >= 11 is 0. The van der Waals surface area contributed by atoms with Gasteiger partial charge < -0.3 is 5.32 Å². The zero-order chi connectivity index (χ0) is 24.2. The molecule has 0 radical (unpaired) electrons. The highest BCUT2D eigenvalue weighted by Gasteiger charge is 2.19. The first-order valence-corrected chi connectivity index (χ1v) is 11.5. The van der Waals surface area contributed by atoms with Crippen molar-refractivity contribution in [2.75, 3.05) is 5.32 Å². The topological polar surface area (TPSA) is 73.8 Å². The van der Waals surface area contributed by atoms with E-state index in [9.17, 15) is 9.59 Å². The van der Waals surface area contributed by atoms with E-state index >= 15 is 0 Å². The predicted octanol–water partition coefficient (Wildman–Crippen LogP) is 4.27. The van der Waals surface area contributed by atoms with Crippen LogP contribution in [0, 0.1) is 0 Å². The Kier molecular flexibility index (Phi) is 6.63. The van der Waals surface area contributed by atoms with Crippen molar-refractivity contribution in [1.29, 1.82) is 0 Å². The zero-order valence-electron chi connectivity index (χ0n) is 19.9. The molecule has 0 atom stereocenters. The van der Waals surface area contributed by atoms with Gasteiger partial charge >= 0.3 is 5.69 Å². The molecule has 1 N–H and O–H groups in total. The number of hydrogen-bond acceptors (Lipinski definition) is 4. The normalized spacial score (nSPS) is 10.8. The van der Waals surface area contributed by atoms with Crippen molar-refractivity contribution in [2.45, 2.75) is 26.9 Å². The van der Waals surface area contributed by atoms with Crippen molar-refractivity contribution in [1.82, 2.24) is 18.7 Å². The van der Waals surface area contributed by atoms with Crippen LogP contribution >= 0.6 is 0 Å². The first kappa shape index (κ1) is 23.0. The van der Waals surface area contributed by atoms with E-state index in [1.807, 2.05) is 66.9 Å². The van der Waals surface area contributed by atoms with Crippen LogP contribution in [0.2, 0.25) is 0 Å². The third-order valence-electron chi connectivity index (χ3n) is 5.85. The summed E-state index contributed by atoms with van der Waals surface area (Å²) in [6, 6.07) is 24.3. The molecule has 174 valence electrons. The number of imidazole rings is 1. The summed E-state index contributed by atoms with van der Waals surface area (Å²) < 4.78 is 4.43. The number of fused-ring (bicyclic) bond motifs is 2. The highest BCUT2D eigenvalue weighted by molar-refractivity contribution is 5.86. The Bertz CT molecular complexity index is 1560. The van der Waals surface area contributed by atoms with Gasteiger partial charge in [0.2, 0.25) is 5.95 Å². The molecule has 0 bridgehead atoms. The van der Waals surface area contributed by atoms with E-state index in [1.165, 1.54) is 11.6 Å². The molecule has 0 aliphatic carbocycles. The van der Waals surface area contributed by atoms with Crippen molar-refractivity contribution in [3.05, 3.63) is 105 Å². The molecule has 0 fully saturated rings. The van der Waals surface area contributed by atoms with Crippen LogP contribution in [-0.4, -0.2) is 18.7 Å². The second-order valence-electron chi connectivity index (χ2n) is 7.88. The Morgan fingerprint density at radius 2 is 1.50 bits per heavy atom. The van der Waals surface area contributed by atoms with Gasteiger partial charge in [0.15, 0.2) is 11.2 Å². The molecule has 7 nitrogen and oxygen atoms in total. The van der Waals surface area contributed by atoms with Gasteiger partial charge in [0, 0.05) is 20.6 Å². The fraction of sp³-hybridized carbons (Fsp3) is 0.222. The van der Waals surface area contributed by atoms with Gasteiger partial charge in [-0.1, -0.05) is 86.6 Å². The smallest absolute Gasteiger partial charge is 0.332 e. The molecule has 2 aromatic heterocycles. The Balaban J connectivity index is 0.00000133. The molecule has 34 heavy (non-hydrogen) atoms. The largest absolute Gasteiger partial charge is 0.351 e. The second-order valence-corrected chi connectivity index (χ2v) is 7.88. The molecule has 2 heterocycles. The molecule has 0 spiro atoms. The lowest BCUT2D eigenvalue weighted by atomic mass is 10.0. The van der Waals surface area contributed by atoms with E-state index in [4.69, 9.17) is 0 Å². The molecule has 0 aliphatic rings. The fourth-order valence-corrected chi connectivity index (χ4v) is 4.11. The number of nitrogens with one attached hydrogen (secondary N) is 1. The van der Waals surface area contributed by atoms with Crippen LogP contribution in [0.3, 0.4) is 0 Å². The molecule has 7 heteroatoms. The Labute approximate surface area is 197 Å². The highest BCUT2D eigenvalue weighted by atomic mass is 16.2. The summed E-state index contributed by atoms with van der Waals surface area (Å²) in [4.78, 5) is 30.3. The molecule has 0 aliphatic heterocycles. The summed E-state index contributed by atoms with van der Waals surface area (Å²) in [7, 11) is 3.14. The summed E-state index contributed by atoms with van der Waals surface area (Å²) in [6.07, 6.45) is 0. The summed E-state index contributed by atoms with van der Waals surface area (Å²) in [6.45, 7) is 5.00. The monoisotopic (exact) mass is 455 g/mol. The highest BCUT2D eigenvalue weighted by Crippen LogP contribution is 2.23. The zero-order valence-corrected chi connectivity index (χ0v) is 19.9. The van der Waals surface area contributed by atoms with Gasteiger partial charge in [-0.2, -0.15) is 4.98 Å². The Hall–Kier alpha value is -4.13. The summed E-state index contributed by atoms with van der Waals surface area (Å²) in [5.41, 5.74) is 2.18. The van der Waals surface area contributed by atoms with Crippen LogP contribution in [0.25, 0.3) is 21.9 Å². The van der Waals surface area contributed by atoms with E-state index in [0.717, 1.165) is 26.5 Å². The molecular formula is C27H29N5O2.